The zero-order chi connectivity index (χ0) is 16.5. The van der Waals surface area contributed by atoms with Crippen molar-refractivity contribution in [2.24, 2.45) is 0 Å². The summed E-state index contributed by atoms with van der Waals surface area (Å²) in [6.07, 6.45) is 5.38. The number of rotatable bonds is 9. The van der Waals surface area contributed by atoms with E-state index in [1.54, 1.807) is 0 Å². The van der Waals surface area contributed by atoms with Crippen molar-refractivity contribution < 1.29 is 9.53 Å². The van der Waals surface area contributed by atoms with E-state index in [-0.39, 0.29) is 12.5 Å². The van der Waals surface area contributed by atoms with Gasteiger partial charge in [0.05, 0.1) is 0 Å². The van der Waals surface area contributed by atoms with Gasteiger partial charge in [-0.1, -0.05) is 50.2 Å². The Morgan fingerprint density at radius 2 is 1.96 bits per heavy atom. The number of carbonyl (C=O) groups is 1. The van der Waals surface area contributed by atoms with Crippen LogP contribution in [0.5, 0.6) is 5.75 Å². The van der Waals surface area contributed by atoms with E-state index >= 15 is 0 Å². The quantitative estimate of drug-likeness (QED) is 0.708. The molecule has 1 heterocycles. The van der Waals surface area contributed by atoms with Gasteiger partial charge in [-0.05, 0) is 30.5 Å². The summed E-state index contributed by atoms with van der Waals surface area (Å²) < 4.78 is 5.47. The van der Waals surface area contributed by atoms with E-state index in [0.29, 0.717) is 10.9 Å². The number of unbranched alkanes of at least 4 members (excludes halogenated alkanes) is 2. The maximum Gasteiger partial charge on any atom is 0.264 e. The van der Waals surface area contributed by atoms with Gasteiger partial charge in [-0.3, -0.25) is 10.1 Å². The second-order valence-electron chi connectivity index (χ2n) is 5.29. The summed E-state index contributed by atoms with van der Waals surface area (Å²) in [4.78, 5) is 11.9. The largest absolute Gasteiger partial charge is 0.484 e. The first-order valence-corrected chi connectivity index (χ1v) is 8.87. The first kappa shape index (κ1) is 17.4. The predicted molar refractivity (Wildman–Crippen MR) is 93.1 cm³/mol. The van der Waals surface area contributed by atoms with E-state index in [9.17, 15) is 4.79 Å². The summed E-state index contributed by atoms with van der Waals surface area (Å²) in [5.74, 6) is 0.468. The smallest absolute Gasteiger partial charge is 0.264 e. The molecule has 0 aliphatic heterocycles. The summed E-state index contributed by atoms with van der Waals surface area (Å²) in [5, 5.41) is 12.3. The summed E-state index contributed by atoms with van der Waals surface area (Å²) in [6.45, 7) is 4.24. The van der Waals surface area contributed by atoms with Crippen LogP contribution >= 0.6 is 11.3 Å². The van der Waals surface area contributed by atoms with E-state index in [1.807, 2.05) is 24.3 Å². The Morgan fingerprint density at radius 1 is 1.17 bits per heavy atom. The second kappa shape index (κ2) is 9.25. The molecule has 0 saturated carbocycles. The van der Waals surface area contributed by atoms with Crippen molar-refractivity contribution >= 4 is 22.4 Å². The highest BCUT2D eigenvalue weighted by Gasteiger charge is 2.09. The van der Waals surface area contributed by atoms with Crippen LogP contribution in [-0.2, 0) is 17.6 Å². The maximum atomic E-state index is 11.9. The molecular formula is C17H23N3O2S. The number of aromatic nitrogens is 2. The number of benzene rings is 1. The highest BCUT2D eigenvalue weighted by molar-refractivity contribution is 7.15. The molecule has 5 nitrogen and oxygen atoms in total. The molecule has 0 aliphatic rings. The highest BCUT2D eigenvalue weighted by atomic mass is 32.1. The van der Waals surface area contributed by atoms with Gasteiger partial charge >= 0.3 is 0 Å². The molecule has 1 N–H and O–H groups in total. The monoisotopic (exact) mass is 333 g/mol. The lowest BCUT2D eigenvalue weighted by molar-refractivity contribution is -0.118. The van der Waals surface area contributed by atoms with Crippen molar-refractivity contribution in [3.63, 3.8) is 0 Å². The predicted octanol–water partition coefficient (Wildman–Crippen LogP) is 3.85. The molecule has 0 atom stereocenters. The highest BCUT2D eigenvalue weighted by Crippen LogP contribution is 2.18. The minimum atomic E-state index is -0.221. The molecule has 1 amide bonds. The SMILES string of the molecule is CCCCCc1nnc(NC(=O)COc2ccc(CC)cc2)s1. The molecule has 2 aromatic rings. The third-order valence-electron chi connectivity index (χ3n) is 3.41. The Kier molecular flexibility index (Phi) is 7.00. The minimum absolute atomic E-state index is 0.0315. The number of amides is 1. The van der Waals surface area contributed by atoms with Crippen LogP contribution < -0.4 is 10.1 Å². The van der Waals surface area contributed by atoms with E-state index in [1.165, 1.54) is 29.7 Å². The molecule has 0 bridgehead atoms. The standard InChI is InChI=1S/C17H23N3O2S/c1-3-5-6-7-16-19-20-17(23-16)18-15(21)12-22-14-10-8-13(4-2)9-11-14/h8-11H,3-7,12H2,1-2H3,(H,18,20,21). The van der Waals surface area contributed by atoms with Crippen molar-refractivity contribution in [2.45, 2.75) is 46.0 Å². The lowest BCUT2D eigenvalue weighted by Crippen LogP contribution is -2.20. The van der Waals surface area contributed by atoms with Gasteiger partial charge in [0.25, 0.3) is 5.91 Å². The lowest BCUT2D eigenvalue weighted by Gasteiger charge is -2.06. The van der Waals surface area contributed by atoms with Gasteiger partial charge in [0.1, 0.15) is 10.8 Å². The van der Waals surface area contributed by atoms with Crippen LogP contribution in [0.1, 0.15) is 43.7 Å². The molecule has 1 aromatic heterocycles. The number of ether oxygens (including phenoxy) is 1. The average Bonchev–Trinajstić information content (AvgIpc) is 3.01. The number of aryl methyl sites for hydroxylation is 2. The Labute approximate surface area is 141 Å². The fourth-order valence-corrected chi connectivity index (χ4v) is 2.85. The molecular weight excluding hydrogens is 310 g/mol. The van der Waals surface area contributed by atoms with Gasteiger partial charge in [-0.15, -0.1) is 10.2 Å². The molecule has 0 aliphatic carbocycles. The number of nitrogens with one attached hydrogen (secondary N) is 1. The number of hydrogen-bond donors (Lipinski definition) is 1. The van der Waals surface area contributed by atoms with Crippen molar-refractivity contribution in [3.8, 4) is 5.75 Å². The molecule has 23 heavy (non-hydrogen) atoms. The van der Waals surface area contributed by atoms with Gasteiger partial charge in [-0.25, -0.2) is 0 Å². The molecule has 6 heteroatoms. The molecule has 1 aromatic carbocycles. The van der Waals surface area contributed by atoms with Crippen molar-refractivity contribution in [2.75, 3.05) is 11.9 Å². The minimum Gasteiger partial charge on any atom is -0.484 e. The second-order valence-corrected chi connectivity index (χ2v) is 6.35. The number of hydrogen-bond acceptors (Lipinski definition) is 5. The third kappa shape index (κ3) is 5.98. The maximum absolute atomic E-state index is 11.9. The van der Waals surface area contributed by atoms with Gasteiger partial charge in [0.2, 0.25) is 5.13 Å². The summed E-state index contributed by atoms with van der Waals surface area (Å²) in [5.41, 5.74) is 1.24. The van der Waals surface area contributed by atoms with Gasteiger partial charge in [0, 0.05) is 6.42 Å². The van der Waals surface area contributed by atoms with Gasteiger partial charge < -0.3 is 4.74 Å². The van der Waals surface area contributed by atoms with E-state index in [2.05, 4.69) is 29.4 Å². The lowest BCUT2D eigenvalue weighted by atomic mass is 10.2. The third-order valence-corrected chi connectivity index (χ3v) is 4.31. The molecule has 124 valence electrons. The zero-order valence-electron chi connectivity index (χ0n) is 13.7. The van der Waals surface area contributed by atoms with Crippen LogP contribution in [0, 0.1) is 0 Å². The van der Waals surface area contributed by atoms with Crippen LogP contribution in [0.2, 0.25) is 0 Å². The van der Waals surface area contributed by atoms with E-state index < -0.39 is 0 Å². The van der Waals surface area contributed by atoms with Gasteiger partial charge in [-0.2, -0.15) is 0 Å². The van der Waals surface area contributed by atoms with Crippen LogP contribution in [-0.4, -0.2) is 22.7 Å². The molecule has 0 fully saturated rings. The molecule has 0 spiro atoms. The Hall–Kier alpha value is -1.95. The molecule has 0 radical (unpaired) electrons. The normalized spacial score (nSPS) is 10.5. The van der Waals surface area contributed by atoms with E-state index in [4.69, 9.17) is 4.74 Å². The fourth-order valence-electron chi connectivity index (χ4n) is 2.06. The summed E-state index contributed by atoms with van der Waals surface area (Å²) in [6, 6.07) is 7.76. The topological polar surface area (TPSA) is 64.1 Å². The number of anilines is 1. The molecule has 0 unspecified atom stereocenters. The van der Waals surface area contributed by atoms with Gasteiger partial charge in [0.15, 0.2) is 6.61 Å². The van der Waals surface area contributed by atoms with Crippen LogP contribution in [0.4, 0.5) is 5.13 Å². The van der Waals surface area contributed by atoms with Crippen LogP contribution in [0.3, 0.4) is 0 Å². The van der Waals surface area contributed by atoms with Crippen molar-refractivity contribution in [1.82, 2.24) is 10.2 Å². The van der Waals surface area contributed by atoms with Crippen LogP contribution in [0.15, 0.2) is 24.3 Å². The molecule has 0 saturated heterocycles. The number of nitrogens with zero attached hydrogens (tertiary/aromatic N) is 2. The van der Waals surface area contributed by atoms with Crippen molar-refractivity contribution in [1.29, 1.82) is 0 Å². The molecule has 2 rings (SSSR count). The fraction of sp³-hybridized carbons (Fsp3) is 0.471. The zero-order valence-corrected chi connectivity index (χ0v) is 14.5. The average molecular weight is 333 g/mol. The Morgan fingerprint density at radius 3 is 2.65 bits per heavy atom. The summed E-state index contributed by atoms with van der Waals surface area (Å²) in [7, 11) is 0. The first-order chi connectivity index (χ1) is 11.2. The van der Waals surface area contributed by atoms with E-state index in [0.717, 1.165) is 24.3 Å². The van der Waals surface area contributed by atoms with Crippen molar-refractivity contribution in [3.05, 3.63) is 34.8 Å². The first-order valence-electron chi connectivity index (χ1n) is 8.05. The Bertz CT molecular complexity index is 611. The number of carbonyl (C=O) groups excluding carboxylic acids is 1. The summed E-state index contributed by atoms with van der Waals surface area (Å²) >= 11 is 1.43. The van der Waals surface area contributed by atoms with Crippen LogP contribution in [0.25, 0.3) is 0 Å². The Balaban J connectivity index is 1.75.